The Bertz CT molecular complexity index is 1160. The molecule has 0 spiro atoms. The number of esters is 1. The van der Waals surface area contributed by atoms with E-state index in [0.29, 0.717) is 25.9 Å². The van der Waals surface area contributed by atoms with Crippen molar-refractivity contribution in [3.05, 3.63) is 0 Å². The quantitative estimate of drug-likeness (QED) is 0.0417. The molecule has 0 fully saturated rings. The van der Waals surface area contributed by atoms with E-state index in [1.165, 1.54) is 366 Å². The van der Waals surface area contributed by atoms with E-state index in [1.807, 2.05) is 0 Å². The van der Waals surface area contributed by atoms with Crippen molar-refractivity contribution >= 4 is 11.9 Å². The van der Waals surface area contributed by atoms with Crippen LogP contribution in [0.1, 0.15) is 438 Å². The molecule has 0 bridgehead atoms. The van der Waals surface area contributed by atoms with E-state index >= 15 is 0 Å². The van der Waals surface area contributed by atoms with Crippen molar-refractivity contribution in [2.75, 3.05) is 13.2 Å². The minimum atomic E-state index is -0.661. The van der Waals surface area contributed by atoms with E-state index in [-0.39, 0.29) is 18.5 Å². The molecule has 2 atom stereocenters. The average molecular weight is 1130 g/mol. The molecule has 0 radical (unpaired) electrons. The minimum Gasteiger partial charge on any atom is -0.466 e. The van der Waals surface area contributed by atoms with Crippen LogP contribution in [0.2, 0.25) is 0 Å². The predicted molar refractivity (Wildman–Crippen MR) is 352 cm³/mol. The Hall–Kier alpha value is -1.14. The summed E-state index contributed by atoms with van der Waals surface area (Å²) in [6, 6.07) is -0.538. The van der Waals surface area contributed by atoms with Crippen molar-refractivity contribution in [3.8, 4) is 0 Å². The van der Waals surface area contributed by atoms with Crippen molar-refractivity contribution in [1.82, 2.24) is 5.32 Å². The van der Waals surface area contributed by atoms with Crippen LogP contribution in [0.25, 0.3) is 0 Å². The average Bonchev–Trinajstić information content (AvgIpc) is 3.46. The second kappa shape index (κ2) is 70.3. The summed E-state index contributed by atoms with van der Waals surface area (Å²) in [7, 11) is 0. The van der Waals surface area contributed by atoms with Crippen LogP contribution in [0.3, 0.4) is 0 Å². The van der Waals surface area contributed by atoms with E-state index < -0.39 is 12.1 Å². The highest BCUT2D eigenvalue weighted by Crippen LogP contribution is 2.20. The summed E-state index contributed by atoms with van der Waals surface area (Å²) in [5.41, 5.74) is 0. The van der Waals surface area contributed by atoms with Gasteiger partial charge in [0.25, 0.3) is 0 Å². The first-order chi connectivity index (χ1) is 39.5. The number of carbonyl (C=O) groups is 2. The van der Waals surface area contributed by atoms with Gasteiger partial charge in [-0.15, -0.1) is 0 Å². The van der Waals surface area contributed by atoms with Gasteiger partial charge in [-0.2, -0.15) is 0 Å². The summed E-state index contributed by atoms with van der Waals surface area (Å²) in [5.74, 6) is -0.00135. The van der Waals surface area contributed by atoms with Crippen molar-refractivity contribution in [2.45, 2.75) is 450 Å². The van der Waals surface area contributed by atoms with Crippen LogP contribution < -0.4 is 5.32 Å². The molecule has 0 aromatic heterocycles. The SMILES string of the molecule is CCCCCCCCCCCCCCCCCCCC(O)C(CO)NC(=O)CCCCCCCCCCCCCCCCCCCCCCCCCCCCCCCCOC(=O)CCCCCCCCCCCCCCCCCC. The molecule has 80 heavy (non-hydrogen) atoms. The van der Waals surface area contributed by atoms with Gasteiger partial charge in [0.2, 0.25) is 5.91 Å². The number of unbranched alkanes of at least 4 members (excludes halogenated alkanes) is 60. The van der Waals surface area contributed by atoms with Gasteiger partial charge >= 0.3 is 5.97 Å². The number of ether oxygens (including phenoxy) is 1. The van der Waals surface area contributed by atoms with Gasteiger partial charge in [-0.3, -0.25) is 9.59 Å². The van der Waals surface area contributed by atoms with E-state index in [2.05, 4.69) is 19.2 Å². The summed E-state index contributed by atoms with van der Waals surface area (Å²) in [6.07, 6.45) is 86.0. The van der Waals surface area contributed by atoms with E-state index in [1.54, 1.807) is 0 Å². The molecule has 0 aromatic carbocycles. The summed E-state index contributed by atoms with van der Waals surface area (Å²) in [6.45, 7) is 5.01. The summed E-state index contributed by atoms with van der Waals surface area (Å²) in [4.78, 5) is 24.6. The van der Waals surface area contributed by atoms with Crippen molar-refractivity contribution in [1.29, 1.82) is 0 Å². The third kappa shape index (κ3) is 66.0. The lowest BCUT2D eigenvalue weighted by molar-refractivity contribution is -0.143. The van der Waals surface area contributed by atoms with Gasteiger partial charge in [0.1, 0.15) is 0 Å². The summed E-state index contributed by atoms with van der Waals surface area (Å²) >= 11 is 0. The zero-order valence-electron chi connectivity index (χ0n) is 54.9. The first-order valence-electron chi connectivity index (χ1n) is 37.3. The van der Waals surface area contributed by atoms with Crippen LogP contribution in [0.15, 0.2) is 0 Å². The van der Waals surface area contributed by atoms with Crippen molar-refractivity contribution < 1.29 is 24.5 Å². The molecule has 3 N–H and O–H groups in total. The second-order valence-electron chi connectivity index (χ2n) is 26.0. The Kier molecular flexibility index (Phi) is 69.3. The highest BCUT2D eigenvalue weighted by molar-refractivity contribution is 5.76. The van der Waals surface area contributed by atoms with E-state index in [9.17, 15) is 19.8 Å². The van der Waals surface area contributed by atoms with Crippen LogP contribution in [0.5, 0.6) is 0 Å². The van der Waals surface area contributed by atoms with E-state index in [4.69, 9.17) is 4.74 Å². The Balaban J connectivity index is 3.31. The van der Waals surface area contributed by atoms with Gasteiger partial charge in [-0.1, -0.05) is 399 Å². The molecule has 0 saturated heterocycles. The third-order valence-corrected chi connectivity index (χ3v) is 17.9. The maximum Gasteiger partial charge on any atom is 0.305 e. The molecule has 0 aliphatic carbocycles. The molecule has 0 heterocycles. The smallest absolute Gasteiger partial charge is 0.305 e. The number of carbonyl (C=O) groups excluding carboxylic acids is 2. The van der Waals surface area contributed by atoms with Crippen molar-refractivity contribution in [3.63, 3.8) is 0 Å². The number of aliphatic hydroxyl groups is 2. The normalized spacial score (nSPS) is 12.4. The molecular formula is C74H147NO5. The monoisotopic (exact) mass is 1130 g/mol. The van der Waals surface area contributed by atoms with Gasteiger partial charge < -0.3 is 20.3 Å². The first-order valence-corrected chi connectivity index (χ1v) is 37.3. The third-order valence-electron chi connectivity index (χ3n) is 17.9. The Morgan fingerprint density at radius 3 is 0.762 bits per heavy atom. The topological polar surface area (TPSA) is 95.9 Å². The molecule has 0 aliphatic rings. The lowest BCUT2D eigenvalue weighted by Gasteiger charge is -2.22. The van der Waals surface area contributed by atoms with Gasteiger partial charge in [0.15, 0.2) is 0 Å². The fourth-order valence-corrected chi connectivity index (χ4v) is 12.2. The Morgan fingerprint density at radius 1 is 0.300 bits per heavy atom. The molecule has 1 amide bonds. The van der Waals surface area contributed by atoms with Gasteiger partial charge in [0, 0.05) is 12.8 Å². The summed E-state index contributed by atoms with van der Waals surface area (Å²) < 4.78 is 5.51. The number of aliphatic hydroxyl groups excluding tert-OH is 2. The number of rotatable bonds is 71. The van der Waals surface area contributed by atoms with Crippen LogP contribution in [0, 0.1) is 0 Å². The first kappa shape index (κ1) is 78.9. The predicted octanol–water partition coefficient (Wildman–Crippen LogP) is 24.2. The number of hydrogen-bond acceptors (Lipinski definition) is 5. The number of hydrogen-bond donors (Lipinski definition) is 3. The molecule has 0 rings (SSSR count). The molecule has 0 saturated carbocycles. The Labute approximate surface area is 502 Å². The van der Waals surface area contributed by atoms with Crippen LogP contribution in [0.4, 0.5) is 0 Å². The highest BCUT2D eigenvalue weighted by atomic mass is 16.5. The molecule has 478 valence electrons. The molecule has 6 heteroatoms. The number of amides is 1. The zero-order valence-corrected chi connectivity index (χ0v) is 54.9. The molecular weight excluding hydrogens is 983 g/mol. The van der Waals surface area contributed by atoms with Gasteiger partial charge in [-0.25, -0.2) is 0 Å². The number of nitrogens with one attached hydrogen (secondary N) is 1. The van der Waals surface area contributed by atoms with Crippen molar-refractivity contribution in [2.24, 2.45) is 0 Å². The van der Waals surface area contributed by atoms with Gasteiger partial charge in [0.05, 0.1) is 25.4 Å². The second-order valence-corrected chi connectivity index (χ2v) is 26.0. The maximum atomic E-state index is 12.5. The fourth-order valence-electron chi connectivity index (χ4n) is 12.2. The Morgan fingerprint density at radius 2 is 0.512 bits per heavy atom. The molecule has 2 unspecified atom stereocenters. The van der Waals surface area contributed by atoms with Gasteiger partial charge in [-0.05, 0) is 25.7 Å². The largest absolute Gasteiger partial charge is 0.466 e. The van der Waals surface area contributed by atoms with Crippen LogP contribution >= 0.6 is 0 Å². The lowest BCUT2D eigenvalue weighted by atomic mass is 10.0. The summed E-state index contributed by atoms with van der Waals surface area (Å²) in [5, 5.41) is 23.4. The molecule has 6 nitrogen and oxygen atoms in total. The molecule has 0 aliphatic heterocycles. The van der Waals surface area contributed by atoms with E-state index in [0.717, 1.165) is 38.5 Å². The van der Waals surface area contributed by atoms with Crippen LogP contribution in [-0.4, -0.2) is 47.4 Å². The maximum absolute atomic E-state index is 12.5. The standard InChI is InChI=1S/C74H147NO5/c1-3-5-7-9-11-13-15-17-19-35-38-42-46-50-54-58-62-66-72(77)71(70-76)75-73(78)67-63-59-55-51-47-43-39-36-33-31-29-27-25-23-21-22-24-26-28-30-32-34-37-41-45-49-53-57-61-65-69-80-74(79)68-64-60-56-52-48-44-40-20-18-16-14-12-10-8-6-4-2/h71-72,76-77H,3-70H2,1-2H3,(H,75,78). The van der Waals surface area contributed by atoms with Crippen LogP contribution in [-0.2, 0) is 14.3 Å². The minimum absolute atomic E-state index is 0.0250. The molecule has 0 aromatic rings. The highest BCUT2D eigenvalue weighted by Gasteiger charge is 2.20. The lowest BCUT2D eigenvalue weighted by Crippen LogP contribution is -2.45. The fraction of sp³-hybridized carbons (Fsp3) is 0.973. The zero-order chi connectivity index (χ0) is 57.8.